The maximum absolute atomic E-state index is 11.5. The Morgan fingerprint density at radius 3 is 2.78 bits per heavy atom. The molecule has 1 fully saturated rings. The molecule has 1 N–H and O–H groups in total. The van der Waals surface area contributed by atoms with E-state index in [9.17, 15) is 9.90 Å². The molecule has 1 atom stereocenters. The summed E-state index contributed by atoms with van der Waals surface area (Å²) in [5, 5.41) is 9.42. The first kappa shape index (κ1) is 12.9. The minimum atomic E-state index is -0.842. The van der Waals surface area contributed by atoms with Gasteiger partial charge >= 0.3 is 5.97 Å². The van der Waals surface area contributed by atoms with Gasteiger partial charge in [-0.15, -0.1) is 0 Å². The SMILES string of the molecule is COc1cccc(C(C(=O)O)N2CCOCC2)c1. The van der Waals surface area contributed by atoms with E-state index in [1.807, 2.05) is 23.1 Å². The second kappa shape index (κ2) is 5.84. The number of carboxylic acids is 1. The number of nitrogens with zero attached hydrogens (tertiary/aromatic N) is 1. The molecule has 0 saturated carbocycles. The molecule has 0 aliphatic carbocycles. The van der Waals surface area contributed by atoms with Gasteiger partial charge in [0.1, 0.15) is 11.8 Å². The zero-order valence-electron chi connectivity index (χ0n) is 10.3. The molecule has 5 nitrogen and oxygen atoms in total. The van der Waals surface area contributed by atoms with Crippen molar-refractivity contribution in [3.8, 4) is 5.75 Å². The van der Waals surface area contributed by atoms with Crippen LogP contribution in [0.4, 0.5) is 0 Å². The molecule has 5 heteroatoms. The number of rotatable bonds is 4. The first-order valence-electron chi connectivity index (χ1n) is 5.91. The molecule has 1 unspecified atom stereocenters. The highest BCUT2D eigenvalue weighted by molar-refractivity contribution is 5.75. The molecular formula is C13H17NO4. The van der Waals surface area contributed by atoms with Crippen LogP contribution in [0.1, 0.15) is 11.6 Å². The standard InChI is InChI=1S/C13H17NO4/c1-17-11-4-2-3-10(9-11)12(13(15)16)14-5-7-18-8-6-14/h2-4,9,12H,5-8H2,1H3,(H,15,16). The van der Waals surface area contributed by atoms with Crippen molar-refractivity contribution in [3.05, 3.63) is 29.8 Å². The van der Waals surface area contributed by atoms with Crippen molar-refractivity contribution in [1.29, 1.82) is 0 Å². The Kier molecular flexibility index (Phi) is 4.17. The van der Waals surface area contributed by atoms with Crippen molar-refractivity contribution in [2.24, 2.45) is 0 Å². The minimum Gasteiger partial charge on any atom is -0.497 e. The smallest absolute Gasteiger partial charge is 0.325 e. The zero-order chi connectivity index (χ0) is 13.0. The van der Waals surface area contributed by atoms with E-state index in [0.717, 1.165) is 5.56 Å². The van der Waals surface area contributed by atoms with Crippen LogP contribution >= 0.6 is 0 Å². The van der Waals surface area contributed by atoms with E-state index >= 15 is 0 Å². The van der Waals surface area contributed by atoms with Crippen LogP contribution < -0.4 is 4.74 Å². The van der Waals surface area contributed by atoms with Gasteiger partial charge in [-0.1, -0.05) is 12.1 Å². The molecule has 1 aliphatic rings. The Hall–Kier alpha value is -1.59. The molecule has 98 valence electrons. The summed E-state index contributed by atoms with van der Waals surface area (Å²) in [7, 11) is 1.57. The quantitative estimate of drug-likeness (QED) is 0.870. The summed E-state index contributed by atoms with van der Waals surface area (Å²) in [6, 6.07) is 6.57. The second-order valence-corrected chi connectivity index (χ2v) is 4.17. The van der Waals surface area contributed by atoms with Crippen molar-refractivity contribution < 1.29 is 19.4 Å². The first-order valence-corrected chi connectivity index (χ1v) is 5.91. The van der Waals surface area contributed by atoms with Gasteiger partial charge in [0.15, 0.2) is 0 Å². The van der Waals surface area contributed by atoms with Gasteiger partial charge in [-0.3, -0.25) is 9.69 Å². The lowest BCUT2D eigenvalue weighted by Gasteiger charge is -2.32. The monoisotopic (exact) mass is 251 g/mol. The Labute approximate surface area is 106 Å². The first-order chi connectivity index (χ1) is 8.72. The predicted octanol–water partition coefficient (Wildman–Crippen LogP) is 1.15. The number of methoxy groups -OCH3 is 1. The summed E-state index contributed by atoms with van der Waals surface area (Å²) in [6.45, 7) is 2.42. The van der Waals surface area contributed by atoms with E-state index in [0.29, 0.717) is 32.1 Å². The van der Waals surface area contributed by atoms with Crippen molar-refractivity contribution in [1.82, 2.24) is 4.90 Å². The lowest BCUT2D eigenvalue weighted by molar-refractivity contribution is -0.145. The lowest BCUT2D eigenvalue weighted by Crippen LogP contribution is -2.42. The number of hydrogen-bond acceptors (Lipinski definition) is 4. The van der Waals surface area contributed by atoms with Gasteiger partial charge < -0.3 is 14.6 Å². The fraction of sp³-hybridized carbons (Fsp3) is 0.462. The van der Waals surface area contributed by atoms with Crippen LogP contribution in [0.5, 0.6) is 5.75 Å². The normalized spacial score (nSPS) is 18.3. The maximum atomic E-state index is 11.5. The topological polar surface area (TPSA) is 59.0 Å². The van der Waals surface area contributed by atoms with E-state index in [4.69, 9.17) is 9.47 Å². The van der Waals surface area contributed by atoms with Gasteiger partial charge in [-0.25, -0.2) is 0 Å². The summed E-state index contributed by atoms with van der Waals surface area (Å²) < 4.78 is 10.4. The van der Waals surface area contributed by atoms with E-state index in [1.165, 1.54) is 0 Å². The molecule has 1 heterocycles. The fourth-order valence-corrected chi connectivity index (χ4v) is 2.16. The molecule has 1 aromatic rings. The van der Waals surface area contributed by atoms with E-state index < -0.39 is 12.0 Å². The molecule has 1 saturated heterocycles. The van der Waals surface area contributed by atoms with Gasteiger partial charge in [-0.2, -0.15) is 0 Å². The highest BCUT2D eigenvalue weighted by atomic mass is 16.5. The van der Waals surface area contributed by atoms with Crippen LogP contribution in [0, 0.1) is 0 Å². The lowest BCUT2D eigenvalue weighted by atomic mass is 10.0. The Balaban J connectivity index is 2.25. The average Bonchev–Trinajstić information content (AvgIpc) is 2.40. The second-order valence-electron chi connectivity index (χ2n) is 4.17. The number of hydrogen-bond donors (Lipinski definition) is 1. The van der Waals surface area contributed by atoms with Crippen LogP contribution in [0.3, 0.4) is 0 Å². The van der Waals surface area contributed by atoms with Gasteiger partial charge in [0.05, 0.1) is 20.3 Å². The van der Waals surface area contributed by atoms with Crippen molar-refractivity contribution in [2.45, 2.75) is 6.04 Å². The molecule has 0 radical (unpaired) electrons. The van der Waals surface area contributed by atoms with Gasteiger partial charge in [0.25, 0.3) is 0 Å². The third-order valence-electron chi connectivity index (χ3n) is 3.05. The third kappa shape index (κ3) is 2.80. The Morgan fingerprint density at radius 2 is 2.17 bits per heavy atom. The number of carbonyl (C=O) groups is 1. The van der Waals surface area contributed by atoms with Crippen molar-refractivity contribution in [3.63, 3.8) is 0 Å². The van der Waals surface area contributed by atoms with E-state index in [1.54, 1.807) is 13.2 Å². The zero-order valence-corrected chi connectivity index (χ0v) is 10.3. The average molecular weight is 251 g/mol. The third-order valence-corrected chi connectivity index (χ3v) is 3.05. The van der Waals surface area contributed by atoms with Crippen LogP contribution in [0.15, 0.2) is 24.3 Å². The number of carboxylic acid groups (broad SMARTS) is 1. The van der Waals surface area contributed by atoms with E-state index in [2.05, 4.69) is 0 Å². The molecule has 18 heavy (non-hydrogen) atoms. The van der Waals surface area contributed by atoms with Crippen LogP contribution in [-0.2, 0) is 9.53 Å². The molecular weight excluding hydrogens is 234 g/mol. The Morgan fingerprint density at radius 1 is 1.44 bits per heavy atom. The maximum Gasteiger partial charge on any atom is 0.325 e. The molecule has 2 rings (SSSR count). The summed E-state index contributed by atoms with van der Waals surface area (Å²) in [5.41, 5.74) is 0.740. The van der Waals surface area contributed by atoms with Gasteiger partial charge in [0, 0.05) is 13.1 Å². The summed E-state index contributed by atoms with van der Waals surface area (Å²) in [5.74, 6) is -0.169. The van der Waals surface area contributed by atoms with Crippen LogP contribution in [0.2, 0.25) is 0 Å². The van der Waals surface area contributed by atoms with Crippen molar-refractivity contribution in [2.75, 3.05) is 33.4 Å². The molecule has 0 spiro atoms. The molecule has 1 aromatic carbocycles. The highest BCUT2D eigenvalue weighted by Crippen LogP contribution is 2.25. The fourth-order valence-electron chi connectivity index (χ4n) is 2.16. The van der Waals surface area contributed by atoms with Gasteiger partial charge in [-0.05, 0) is 17.7 Å². The number of aliphatic carboxylic acids is 1. The predicted molar refractivity (Wildman–Crippen MR) is 65.8 cm³/mol. The summed E-state index contributed by atoms with van der Waals surface area (Å²) >= 11 is 0. The Bertz CT molecular complexity index is 415. The van der Waals surface area contributed by atoms with Gasteiger partial charge in [0.2, 0.25) is 0 Å². The van der Waals surface area contributed by atoms with Crippen LogP contribution in [-0.4, -0.2) is 49.4 Å². The number of morpholine rings is 1. The highest BCUT2D eigenvalue weighted by Gasteiger charge is 2.28. The van der Waals surface area contributed by atoms with E-state index in [-0.39, 0.29) is 0 Å². The van der Waals surface area contributed by atoms with Crippen LogP contribution in [0.25, 0.3) is 0 Å². The van der Waals surface area contributed by atoms with Crippen molar-refractivity contribution >= 4 is 5.97 Å². The largest absolute Gasteiger partial charge is 0.497 e. The summed E-state index contributed by atoms with van der Waals surface area (Å²) in [4.78, 5) is 13.4. The minimum absolute atomic E-state index is 0.577. The summed E-state index contributed by atoms with van der Waals surface area (Å²) in [6.07, 6.45) is 0. The molecule has 0 aromatic heterocycles. The number of benzene rings is 1. The molecule has 0 bridgehead atoms. The molecule has 0 amide bonds. The molecule has 1 aliphatic heterocycles. The number of ether oxygens (including phenoxy) is 2.